The number of aliphatic hydroxyl groups is 1. The monoisotopic (exact) mass is 155 g/mol. The highest BCUT2D eigenvalue weighted by molar-refractivity contribution is 4.98. The van der Waals surface area contributed by atoms with Crippen LogP contribution in [-0.4, -0.2) is 16.7 Å². The molecular weight excluding hydrogens is 138 g/mol. The molecule has 64 valence electrons. The minimum absolute atomic E-state index is 0.297. The summed E-state index contributed by atoms with van der Waals surface area (Å²) in [6.07, 6.45) is 6.40. The van der Waals surface area contributed by atoms with Gasteiger partial charge in [-0.3, -0.25) is 0 Å². The standard InChI is InChI=1S/C9H17NO/c1-5-9(6-2,8(4)11)10-7-3/h3,8,10-11H,5-6H2,1-2,4H3. The molecule has 1 atom stereocenters. The molecule has 0 aromatic carbocycles. The third-order valence-electron chi connectivity index (χ3n) is 2.38. The molecule has 11 heavy (non-hydrogen) atoms. The molecule has 0 spiro atoms. The number of nitrogens with one attached hydrogen (secondary N) is 1. The number of terminal acetylenes is 1. The topological polar surface area (TPSA) is 32.3 Å². The lowest BCUT2D eigenvalue weighted by Crippen LogP contribution is -2.50. The van der Waals surface area contributed by atoms with Crippen LogP contribution in [0.5, 0.6) is 0 Å². The van der Waals surface area contributed by atoms with E-state index in [-0.39, 0.29) is 5.54 Å². The van der Waals surface area contributed by atoms with Crippen molar-refractivity contribution in [1.82, 2.24) is 5.32 Å². The van der Waals surface area contributed by atoms with Crippen LogP contribution in [0.25, 0.3) is 0 Å². The lowest BCUT2D eigenvalue weighted by atomic mass is 9.87. The molecule has 2 N–H and O–H groups in total. The van der Waals surface area contributed by atoms with Gasteiger partial charge in [-0.1, -0.05) is 20.3 Å². The average molecular weight is 155 g/mol. The maximum atomic E-state index is 9.44. The van der Waals surface area contributed by atoms with Gasteiger partial charge in [-0.05, 0) is 19.8 Å². The Bertz CT molecular complexity index is 142. The van der Waals surface area contributed by atoms with Gasteiger partial charge in [0.15, 0.2) is 0 Å². The number of aliphatic hydroxyl groups excluding tert-OH is 1. The van der Waals surface area contributed by atoms with Gasteiger partial charge >= 0.3 is 0 Å². The van der Waals surface area contributed by atoms with Gasteiger partial charge in [-0.2, -0.15) is 0 Å². The first-order chi connectivity index (χ1) is 5.13. The van der Waals surface area contributed by atoms with E-state index in [2.05, 4.69) is 11.4 Å². The van der Waals surface area contributed by atoms with E-state index < -0.39 is 6.10 Å². The summed E-state index contributed by atoms with van der Waals surface area (Å²) in [6.45, 7) is 5.79. The summed E-state index contributed by atoms with van der Waals surface area (Å²) in [6, 6.07) is 2.38. The van der Waals surface area contributed by atoms with Gasteiger partial charge in [0.05, 0.1) is 11.6 Å². The molecule has 0 bridgehead atoms. The molecule has 0 aliphatic carbocycles. The van der Waals surface area contributed by atoms with Crippen LogP contribution in [0.4, 0.5) is 0 Å². The lowest BCUT2D eigenvalue weighted by molar-refractivity contribution is 0.0790. The van der Waals surface area contributed by atoms with E-state index in [1.54, 1.807) is 6.92 Å². The molecule has 0 heterocycles. The molecule has 0 radical (unpaired) electrons. The normalized spacial score (nSPS) is 13.7. The zero-order chi connectivity index (χ0) is 8.91. The summed E-state index contributed by atoms with van der Waals surface area (Å²) in [5.41, 5.74) is -0.297. The summed E-state index contributed by atoms with van der Waals surface area (Å²) >= 11 is 0. The Kier molecular flexibility index (Phi) is 3.99. The van der Waals surface area contributed by atoms with Crippen molar-refractivity contribution in [3.8, 4) is 12.5 Å². The highest BCUT2D eigenvalue weighted by atomic mass is 16.3. The second kappa shape index (κ2) is 4.25. The first kappa shape index (κ1) is 10.3. The maximum absolute atomic E-state index is 9.44. The van der Waals surface area contributed by atoms with Gasteiger partial charge in [0.2, 0.25) is 0 Å². The summed E-state index contributed by atoms with van der Waals surface area (Å²) in [7, 11) is 0. The second-order valence-electron chi connectivity index (χ2n) is 2.81. The molecule has 0 saturated heterocycles. The predicted molar refractivity (Wildman–Crippen MR) is 47.0 cm³/mol. The van der Waals surface area contributed by atoms with E-state index in [4.69, 9.17) is 6.42 Å². The number of rotatable bonds is 4. The van der Waals surface area contributed by atoms with Gasteiger partial charge in [-0.25, -0.2) is 0 Å². The van der Waals surface area contributed by atoms with Crippen molar-refractivity contribution in [2.75, 3.05) is 0 Å². The molecule has 1 unspecified atom stereocenters. The van der Waals surface area contributed by atoms with Crippen LogP contribution in [0.1, 0.15) is 33.6 Å². The van der Waals surface area contributed by atoms with E-state index in [1.807, 2.05) is 13.8 Å². The summed E-state index contributed by atoms with van der Waals surface area (Å²) in [5, 5.41) is 12.3. The summed E-state index contributed by atoms with van der Waals surface area (Å²) in [4.78, 5) is 0. The Balaban J connectivity index is 4.35. The quantitative estimate of drug-likeness (QED) is 0.471. The zero-order valence-electron chi connectivity index (χ0n) is 7.52. The van der Waals surface area contributed by atoms with Crippen LogP contribution >= 0.6 is 0 Å². The van der Waals surface area contributed by atoms with Gasteiger partial charge in [-0.15, -0.1) is 0 Å². The second-order valence-corrected chi connectivity index (χ2v) is 2.81. The fourth-order valence-electron chi connectivity index (χ4n) is 1.27. The predicted octanol–water partition coefficient (Wildman–Crippen LogP) is 1.11. The Morgan fingerprint density at radius 1 is 1.55 bits per heavy atom. The molecular formula is C9H17NO. The average Bonchev–Trinajstić information content (AvgIpc) is 2.00. The molecule has 0 aromatic rings. The van der Waals surface area contributed by atoms with Gasteiger partial charge in [0, 0.05) is 6.04 Å². The maximum Gasteiger partial charge on any atom is 0.0747 e. The van der Waals surface area contributed by atoms with Crippen molar-refractivity contribution in [1.29, 1.82) is 0 Å². The van der Waals surface area contributed by atoms with E-state index in [1.165, 1.54) is 0 Å². The SMILES string of the molecule is C#CNC(CC)(CC)C(C)O. The zero-order valence-corrected chi connectivity index (χ0v) is 7.52. The Morgan fingerprint density at radius 3 is 2.09 bits per heavy atom. The van der Waals surface area contributed by atoms with Crippen LogP contribution in [0.3, 0.4) is 0 Å². The number of hydrogen-bond donors (Lipinski definition) is 2. The molecule has 2 heteroatoms. The van der Waals surface area contributed by atoms with Crippen LogP contribution < -0.4 is 5.32 Å². The molecule has 0 amide bonds. The van der Waals surface area contributed by atoms with Crippen LogP contribution in [0.15, 0.2) is 0 Å². The summed E-state index contributed by atoms with van der Waals surface area (Å²) < 4.78 is 0. The van der Waals surface area contributed by atoms with Crippen molar-refractivity contribution >= 4 is 0 Å². The van der Waals surface area contributed by atoms with Crippen LogP contribution in [-0.2, 0) is 0 Å². The molecule has 0 aromatic heterocycles. The third-order valence-corrected chi connectivity index (χ3v) is 2.38. The van der Waals surface area contributed by atoms with Crippen molar-refractivity contribution in [2.45, 2.75) is 45.3 Å². The van der Waals surface area contributed by atoms with Gasteiger partial charge in [0.25, 0.3) is 0 Å². The molecule has 0 aliphatic heterocycles. The Hall–Kier alpha value is -0.680. The molecule has 0 saturated carbocycles. The molecule has 2 nitrogen and oxygen atoms in total. The highest BCUT2D eigenvalue weighted by Gasteiger charge is 2.30. The van der Waals surface area contributed by atoms with Crippen molar-refractivity contribution in [3.05, 3.63) is 0 Å². The third kappa shape index (κ3) is 2.13. The van der Waals surface area contributed by atoms with Crippen LogP contribution in [0, 0.1) is 12.5 Å². The highest BCUT2D eigenvalue weighted by Crippen LogP contribution is 2.18. The van der Waals surface area contributed by atoms with Crippen LogP contribution in [0.2, 0.25) is 0 Å². The van der Waals surface area contributed by atoms with Crippen molar-refractivity contribution in [2.24, 2.45) is 0 Å². The van der Waals surface area contributed by atoms with E-state index in [0.29, 0.717) is 0 Å². The van der Waals surface area contributed by atoms with Gasteiger partial charge in [0.1, 0.15) is 0 Å². The number of hydrogen-bond acceptors (Lipinski definition) is 2. The molecule has 0 aliphatic rings. The first-order valence-corrected chi connectivity index (χ1v) is 4.03. The largest absolute Gasteiger partial charge is 0.391 e. The minimum Gasteiger partial charge on any atom is -0.391 e. The Morgan fingerprint density at radius 2 is 2.00 bits per heavy atom. The van der Waals surface area contributed by atoms with Gasteiger partial charge < -0.3 is 10.4 Å². The molecule has 0 fully saturated rings. The minimum atomic E-state index is -0.409. The lowest BCUT2D eigenvalue weighted by Gasteiger charge is -2.33. The van der Waals surface area contributed by atoms with E-state index >= 15 is 0 Å². The van der Waals surface area contributed by atoms with Crippen molar-refractivity contribution < 1.29 is 5.11 Å². The van der Waals surface area contributed by atoms with E-state index in [0.717, 1.165) is 12.8 Å². The fraction of sp³-hybridized carbons (Fsp3) is 0.778. The summed E-state index contributed by atoms with van der Waals surface area (Å²) in [5.74, 6) is 0. The first-order valence-electron chi connectivity index (χ1n) is 4.03. The Labute approximate surface area is 69.0 Å². The smallest absolute Gasteiger partial charge is 0.0747 e. The fourth-order valence-corrected chi connectivity index (χ4v) is 1.27. The molecule has 0 rings (SSSR count). The van der Waals surface area contributed by atoms with E-state index in [9.17, 15) is 5.11 Å². The van der Waals surface area contributed by atoms with Crippen molar-refractivity contribution in [3.63, 3.8) is 0 Å².